The molecule has 0 fully saturated rings. The zero-order chi connectivity index (χ0) is 16.3. The maximum Gasteiger partial charge on any atom is 0.191 e. The second-order valence-electron chi connectivity index (χ2n) is 6.03. The van der Waals surface area contributed by atoms with E-state index >= 15 is 0 Å². The molecule has 2 aromatic rings. The van der Waals surface area contributed by atoms with E-state index in [9.17, 15) is 14.7 Å². The molecule has 0 saturated carbocycles. The van der Waals surface area contributed by atoms with Crippen LogP contribution < -0.4 is 0 Å². The smallest absolute Gasteiger partial charge is 0.191 e. The highest BCUT2D eigenvalue weighted by Crippen LogP contribution is 2.39. The van der Waals surface area contributed by atoms with Gasteiger partial charge in [0.1, 0.15) is 11.8 Å². The molecular weight excluding hydrogens is 292 g/mol. The van der Waals surface area contributed by atoms with Crippen molar-refractivity contribution in [2.75, 3.05) is 0 Å². The number of carbonyl (C=O) groups excluding carboxylic acids is 2. The number of Topliss-reactive ketones (excluding diaryl/α,β-unsaturated/α-hetero) is 2. The summed E-state index contributed by atoms with van der Waals surface area (Å²) < 4.78 is 1.87. The zero-order valence-electron chi connectivity index (χ0n) is 12.9. The first-order valence-corrected chi connectivity index (χ1v) is 7.68. The molecule has 1 aliphatic heterocycles. The molecule has 23 heavy (non-hydrogen) atoms. The van der Waals surface area contributed by atoms with Gasteiger partial charge in [-0.05, 0) is 38.1 Å². The van der Waals surface area contributed by atoms with E-state index in [4.69, 9.17) is 0 Å². The number of fused-ring (bicyclic) bond motifs is 4. The first-order chi connectivity index (χ1) is 11.0. The van der Waals surface area contributed by atoms with Crippen molar-refractivity contribution in [1.29, 1.82) is 0 Å². The fourth-order valence-corrected chi connectivity index (χ4v) is 3.73. The van der Waals surface area contributed by atoms with Gasteiger partial charge in [0, 0.05) is 23.7 Å². The molecule has 1 N–H and O–H groups in total. The second kappa shape index (κ2) is 4.65. The van der Waals surface area contributed by atoms with Crippen LogP contribution in [0.25, 0.3) is 10.9 Å². The lowest BCUT2D eigenvalue weighted by molar-refractivity contribution is 0.0812. The number of aryl methyl sites for hydroxylation is 1. The van der Waals surface area contributed by atoms with Gasteiger partial charge in [-0.1, -0.05) is 5.57 Å². The quantitative estimate of drug-likeness (QED) is 0.880. The zero-order valence-corrected chi connectivity index (χ0v) is 12.9. The van der Waals surface area contributed by atoms with Crippen LogP contribution in [-0.2, 0) is 6.54 Å². The molecule has 2 unspecified atom stereocenters. The molecule has 0 spiro atoms. The van der Waals surface area contributed by atoms with Gasteiger partial charge in [0.15, 0.2) is 11.6 Å². The number of ketones is 2. The molecule has 4 rings (SSSR count). The number of benzene rings is 1. The molecule has 2 aliphatic rings. The molecule has 1 aliphatic carbocycles. The third-order valence-corrected chi connectivity index (χ3v) is 4.78. The number of phenolic OH excluding ortho intramolecular Hbond substituents is 1. The van der Waals surface area contributed by atoms with Gasteiger partial charge >= 0.3 is 0 Å². The van der Waals surface area contributed by atoms with Crippen LogP contribution in [0, 0.1) is 5.92 Å². The van der Waals surface area contributed by atoms with Crippen LogP contribution in [0.3, 0.4) is 0 Å². The third kappa shape index (κ3) is 1.70. The van der Waals surface area contributed by atoms with E-state index in [1.54, 1.807) is 30.5 Å². The summed E-state index contributed by atoms with van der Waals surface area (Å²) in [5, 5.41) is 10.4. The highest BCUT2D eigenvalue weighted by molar-refractivity contribution is 6.25. The van der Waals surface area contributed by atoms with Gasteiger partial charge in [-0.25, -0.2) is 0 Å². The van der Waals surface area contributed by atoms with Gasteiger partial charge in [0.05, 0.1) is 17.2 Å². The molecule has 0 saturated heterocycles. The highest BCUT2D eigenvalue weighted by Gasteiger charge is 2.46. The molecule has 0 radical (unpaired) electrons. The van der Waals surface area contributed by atoms with Crippen molar-refractivity contribution in [2.45, 2.75) is 26.4 Å². The fraction of sp³-hybridized carbons (Fsp3) is 0.278. The van der Waals surface area contributed by atoms with E-state index in [1.807, 2.05) is 18.4 Å². The number of allylic oxidation sites excluding steroid dienone is 1. The van der Waals surface area contributed by atoms with Gasteiger partial charge in [-0.15, -0.1) is 0 Å². The lowest BCUT2D eigenvalue weighted by Gasteiger charge is -2.30. The molecule has 0 amide bonds. The Hall–Kier alpha value is -2.69. The summed E-state index contributed by atoms with van der Waals surface area (Å²) in [6.07, 6.45) is 3.39. The van der Waals surface area contributed by atoms with Gasteiger partial charge in [0.25, 0.3) is 0 Å². The average Bonchev–Trinajstić information content (AvgIpc) is 2.86. The Morgan fingerprint density at radius 2 is 2.04 bits per heavy atom. The Balaban J connectivity index is 2.10. The average molecular weight is 308 g/mol. The number of rotatable bonds is 1. The normalized spacial score (nSPS) is 23.0. The number of phenols is 1. The Morgan fingerprint density at radius 3 is 2.78 bits per heavy atom. The molecule has 1 aromatic heterocycles. The van der Waals surface area contributed by atoms with E-state index in [2.05, 4.69) is 4.99 Å². The molecule has 5 heteroatoms. The minimum Gasteiger partial charge on any atom is -0.508 e. The summed E-state index contributed by atoms with van der Waals surface area (Å²) >= 11 is 0. The summed E-state index contributed by atoms with van der Waals surface area (Å²) in [5.41, 5.74) is 2.51. The second-order valence-corrected chi connectivity index (χ2v) is 6.03. The number of hydrogen-bond donors (Lipinski definition) is 1. The number of aromatic hydroxyl groups is 1. The number of hydrogen-bond acceptors (Lipinski definition) is 4. The molecule has 1 aromatic carbocycles. The Labute approximate surface area is 132 Å². The van der Waals surface area contributed by atoms with Crippen molar-refractivity contribution in [3.8, 4) is 5.75 Å². The molecule has 5 nitrogen and oxygen atoms in total. The van der Waals surface area contributed by atoms with Crippen LogP contribution >= 0.6 is 0 Å². The summed E-state index contributed by atoms with van der Waals surface area (Å²) in [4.78, 5) is 30.4. The van der Waals surface area contributed by atoms with Crippen molar-refractivity contribution in [3.05, 3.63) is 41.1 Å². The Morgan fingerprint density at radius 1 is 1.26 bits per heavy atom. The number of aromatic nitrogens is 1. The van der Waals surface area contributed by atoms with E-state index in [1.165, 1.54) is 0 Å². The first kappa shape index (κ1) is 13.9. The number of nitrogens with zero attached hydrogens (tertiary/aromatic N) is 2. The van der Waals surface area contributed by atoms with E-state index in [0.717, 1.165) is 11.1 Å². The van der Waals surface area contributed by atoms with Crippen LogP contribution in [-0.4, -0.2) is 33.5 Å². The molecule has 0 bridgehead atoms. The van der Waals surface area contributed by atoms with Gasteiger partial charge in [-0.2, -0.15) is 0 Å². The summed E-state index contributed by atoms with van der Waals surface area (Å²) in [7, 11) is 0. The largest absolute Gasteiger partial charge is 0.508 e. The van der Waals surface area contributed by atoms with Gasteiger partial charge in [-0.3, -0.25) is 14.6 Å². The van der Waals surface area contributed by atoms with Crippen LogP contribution in [0.5, 0.6) is 5.75 Å². The monoisotopic (exact) mass is 308 g/mol. The van der Waals surface area contributed by atoms with Crippen molar-refractivity contribution in [2.24, 2.45) is 10.9 Å². The van der Waals surface area contributed by atoms with Crippen molar-refractivity contribution >= 4 is 28.7 Å². The summed E-state index contributed by atoms with van der Waals surface area (Å²) in [6, 6.07) is 4.20. The maximum atomic E-state index is 13.1. The SMILES string of the molecule is CCn1c2c(c3cc(O)ccc31)C(=O)C1N=CC=C(C)C1C2=O. The van der Waals surface area contributed by atoms with Gasteiger partial charge in [0.2, 0.25) is 0 Å². The van der Waals surface area contributed by atoms with Crippen molar-refractivity contribution in [1.82, 2.24) is 4.57 Å². The summed E-state index contributed by atoms with van der Waals surface area (Å²) in [5.74, 6) is -0.633. The van der Waals surface area contributed by atoms with Crippen molar-refractivity contribution in [3.63, 3.8) is 0 Å². The third-order valence-electron chi connectivity index (χ3n) is 4.78. The molecule has 116 valence electrons. The Kier molecular flexibility index (Phi) is 2.82. The number of carbonyl (C=O) groups is 2. The Bertz CT molecular complexity index is 933. The number of aliphatic imine (C=N–C) groups is 1. The molecule has 2 heterocycles. The molecule has 2 atom stereocenters. The predicted octanol–water partition coefficient (Wildman–Crippen LogP) is 2.76. The van der Waals surface area contributed by atoms with Crippen LogP contribution in [0.15, 0.2) is 34.8 Å². The fourth-order valence-electron chi connectivity index (χ4n) is 3.73. The van der Waals surface area contributed by atoms with Crippen LogP contribution in [0.4, 0.5) is 0 Å². The first-order valence-electron chi connectivity index (χ1n) is 7.68. The van der Waals surface area contributed by atoms with Crippen LogP contribution in [0.2, 0.25) is 0 Å². The summed E-state index contributed by atoms with van der Waals surface area (Å²) in [6.45, 7) is 4.39. The lowest BCUT2D eigenvalue weighted by Crippen LogP contribution is -2.42. The standard InChI is InChI=1S/C18H16N2O3/c1-3-20-12-5-4-10(21)8-11(12)14-16(20)18(23)13-9(2)6-7-19-15(13)17(14)22/h4-8,13,15,21H,3H2,1-2H3. The van der Waals surface area contributed by atoms with E-state index in [0.29, 0.717) is 23.2 Å². The number of dihydropyridines is 1. The minimum absolute atomic E-state index is 0.0623. The van der Waals surface area contributed by atoms with Gasteiger partial charge < -0.3 is 9.67 Å². The van der Waals surface area contributed by atoms with E-state index < -0.39 is 12.0 Å². The minimum atomic E-state index is -0.682. The predicted molar refractivity (Wildman–Crippen MR) is 87.5 cm³/mol. The van der Waals surface area contributed by atoms with E-state index in [-0.39, 0.29) is 17.3 Å². The lowest BCUT2D eigenvalue weighted by atomic mass is 9.76. The maximum absolute atomic E-state index is 13.1. The molecular formula is C18H16N2O3. The van der Waals surface area contributed by atoms with Crippen LogP contribution in [0.1, 0.15) is 34.7 Å². The van der Waals surface area contributed by atoms with Crippen molar-refractivity contribution < 1.29 is 14.7 Å². The highest BCUT2D eigenvalue weighted by atomic mass is 16.3. The topological polar surface area (TPSA) is 71.7 Å².